The minimum atomic E-state index is 0.753. The average molecular weight is 184 g/mol. The highest BCUT2D eigenvalue weighted by molar-refractivity contribution is 5.48. The van der Waals surface area contributed by atoms with E-state index < -0.39 is 0 Å². The quantitative estimate of drug-likeness (QED) is 0.391. The van der Waals surface area contributed by atoms with Gasteiger partial charge in [-0.3, -0.25) is 0 Å². The summed E-state index contributed by atoms with van der Waals surface area (Å²) in [4.78, 5) is 10.0. The van der Waals surface area contributed by atoms with Crippen LogP contribution >= 0.6 is 0 Å². The number of hydrogen-bond donors (Lipinski definition) is 0. The van der Waals surface area contributed by atoms with Crippen LogP contribution in [0, 0.1) is 5.92 Å². The van der Waals surface area contributed by atoms with Crippen LogP contribution in [0.3, 0.4) is 0 Å². The normalized spacial score (nSPS) is 12.8. The van der Waals surface area contributed by atoms with Crippen LogP contribution in [0.4, 0.5) is 0 Å². The number of carbonyl (C=O) groups excluding carboxylic acids is 1. The Hall–Kier alpha value is -0.330. The molecule has 0 heterocycles. The molecule has 0 aliphatic carbocycles. The van der Waals surface area contributed by atoms with Gasteiger partial charge in [-0.15, -0.1) is 0 Å². The Bertz CT molecular complexity index is 110. The molecule has 78 valence electrons. The van der Waals surface area contributed by atoms with Crippen molar-refractivity contribution in [3.05, 3.63) is 0 Å². The lowest BCUT2D eigenvalue weighted by Crippen LogP contribution is -1.94. The Morgan fingerprint density at radius 2 is 1.77 bits per heavy atom. The van der Waals surface area contributed by atoms with Crippen molar-refractivity contribution in [2.45, 2.75) is 65.2 Å². The lowest BCUT2D eigenvalue weighted by Gasteiger charge is -2.09. The maximum Gasteiger partial charge on any atom is 0.119 e. The van der Waals surface area contributed by atoms with E-state index in [4.69, 9.17) is 0 Å². The Morgan fingerprint density at radius 1 is 1.08 bits per heavy atom. The van der Waals surface area contributed by atoms with Crippen LogP contribution < -0.4 is 0 Å². The van der Waals surface area contributed by atoms with Gasteiger partial charge in [-0.2, -0.15) is 0 Å². The number of rotatable bonds is 9. The lowest BCUT2D eigenvalue weighted by atomic mass is 9.97. The summed E-state index contributed by atoms with van der Waals surface area (Å²) in [7, 11) is 0. The van der Waals surface area contributed by atoms with E-state index in [9.17, 15) is 4.79 Å². The van der Waals surface area contributed by atoms with Crippen LogP contribution in [0.15, 0.2) is 0 Å². The molecule has 1 atom stereocenters. The molecule has 1 unspecified atom stereocenters. The molecule has 0 aromatic heterocycles. The van der Waals surface area contributed by atoms with E-state index in [1.54, 1.807) is 0 Å². The molecule has 1 nitrogen and oxygen atoms in total. The molecule has 0 N–H and O–H groups in total. The van der Waals surface area contributed by atoms with Crippen molar-refractivity contribution < 1.29 is 4.79 Å². The molecule has 1 heteroatoms. The molecule has 0 aromatic carbocycles. The summed E-state index contributed by atoms with van der Waals surface area (Å²) in [5, 5.41) is 0. The standard InChI is InChI=1S/C12H24O/c1-3-4-9-12(2)10-7-5-6-8-11-13/h11-12H,3-10H2,1-2H3. The van der Waals surface area contributed by atoms with Gasteiger partial charge in [0.05, 0.1) is 0 Å². The Morgan fingerprint density at radius 3 is 2.38 bits per heavy atom. The third-order valence-corrected chi connectivity index (χ3v) is 2.57. The van der Waals surface area contributed by atoms with E-state index in [2.05, 4.69) is 13.8 Å². The zero-order chi connectivity index (χ0) is 9.94. The maximum absolute atomic E-state index is 10.0. The van der Waals surface area contributed by atoms with Gasteiger partial charge in [0.2, 0.25) is 0 Å². The second-order valence-electron chi connectivity index (χ2n) is 4.05. The number of carbonyl (C=O) groups is 1. The predicted octanol–water partition coefficient (Wildman–Crippen LogP) is 3.96. The molecule has 0 bridgehead atoms. The molecular weight excluding hydrogens is 160 g/mol. The summed E-state index contributed by atoms with van der Waals surface area (Å²) in [5.74, 6) is 0.885. The molecule has 0 aromatic rings. The Balaban J connectivity index is 3.07. The molecule has 0 aliphatic heterocycles. The van der Waals surface area contributed by atoms with E-state index in [0.717, 1.165) is 25.0 Å². The number of hydrogen-bond acceptors (Lipinski definition) is 1. The van der Waals surface area contributed by atoms with Crippen LogP contribution in [-0.2, 0) is 4.79 Å². The summed E-state index contributed by atoms with van der Waals surface area (Å²) in [6, 6.07) is 0. The van der Waals surface area contributed by atoms with Crippen molar-refractivity contribution in [2.75, 3.05) is 0 Å². The van der Waals surface area contributed by atoms with Crippen molar-refractivity contribution in [3.63, 3.8) is 0 Å². The molecule has 0 radical (unpaired) electrons. The Labute approximate surface area is 82.9 Å². The lowest BCUT2D eigenvalue weighted by molar-refractivity contribution is -0.107. The van der Waals surface area contributed by atoms with Gasteiger partial charge in [0.1, 0.15) is 6.29 Å². The van der Waals surface area contributed by atoms with Crippen LogP contribution in [0.25, 0.3) is 0 Å². The van der Waals surface area contributed by atoms with Gasteiger partial charge in [-0.25, -0.2) is 0 Å². The summed E-state index contributed by atoms with van der Waals surface area (Å²) in [6.45, 7) is 4.59. The molecule has 0 saturated heterocycles. The van der Waals surface area contributed by atoms with Crippen LogP contribution in [0.1, 0.15) is 65.2 Å². The van der Waals surface area contributed by atoms with E-state index in [1.807, 2.05) is 0 Å². The highest BCUT2D eigenvalue weighted by Gasteiger charge is 2.00. The van der Waals surface area contributed by atoms with Gasteiger partial charge in [-0.05, 0) is 12.3 Å². The first-order valence-electron chi connectivity index (χ1n) is 5.74. The number of aldehydes is 1. The molecule has 0 rings (SSSR count). The van der Waals surface area contributed by atoms with Crippen molar-refractivity contribution in [2.24, 2.45) is 5.92 Å². The van der Waals surface area contributed by atoms with Gasteiger partial charge in [0.25, 0.3) is 0 Å². The van der Waals surface area contributed by atoms with Crippen molar-refractivity contribution in [1.82, 2.24) is 0 Å². The highest BCUT2D eigenvalue weighted by Crippen LogP contribution is 2.15. The van der Waals surface area contributed by atoms with Gasteiger partial charge in [-0.1, -0.05) is 52.4 Å². The zero-order valence-corrected chi connectivity index (χ0v) is 9.22. The summed E-state index contributed by atoms with van der Waals surface area (Å²) in [6.07, 6.45) is 10.8. The monoisotopic (exact) mass is 184 g/mol. The molecule has 0 spiro atoms. The second kappa shape index (κ2) is 9.76. The van der Waals surface area contributed by atoms with Gasteiger partial charge in [0, 0.05) is 6.42 Å². The first-order chi connectivity index (χ1) is 6.31. The SMILES string of the molecule is CCCCC(C)CCCCCC=O. The van der Waals surface area contributed by atoms with E-state index >= 15 is 0 Å². The zero-order valence-electron chi connectivity index (χ0n) is 9.22. The van der Waals surface area contributed by atoms with Crippen LogP contribution in [-0.4, -0.2) is 6.29 Å². The first kappa shape index (κ1) is 12.7. The van der Waals surface area contributed by atoms with Crippen molar-refractivity contribution in [3.8, 4) is 0 Å². The minimum Gasteiger partial charge on any atom is -0.303 e. The molecule has 0 amide bonds. The van der Waals surface area contributed by atoms with Crippen LogP contribution in [0.5, 0.6) is 0 Å². The summed E-state index contributed by atoms with van der Waals surface area (Å²) in [5.41, 5.74) is 0. The smallest absolute Gasteiger partial charge is 0.119 e. The second-order valence-corrected chi connectivity index (χ2v) is 4.05. The minimum absolute atomic E-state index is 0.753. The van der Waals surface area contributed by atoms with Gasteiger partial charge in [0.15, 0.2) is 0 Å². The first-order valence-corrected chi connectivity index (χ1v) is 5.74. The number of unbranched alkanes of at least 4 members (excludes halogenated alkanes) is 4. The summed E-state index contributed by atoms with van der Waals surface area (Å²) >= 11 is 0. The third-order valence-electron chi connectivity index (χ3n) is 2.57. The third kappa shape index (κ3) is 9.59. The van der Waals surface area contributed by atoms with Gasteiger partial charge >= 0.3 is 0 Å². The molecular formula is C12H24O. The predicted molar refractivity (Wildman–Crippen MR) is 57.8 cm³/mol. The largest absolute Gasteiger partial charge is 0.303 e. The molecule has 13 heavy (non-hydrogen) atoms. The van der Waals surface area contributed by atoms with E-state index in [1.165, 1.54) is 38.5 Å². The van der Waals surface area contributed by atoms with Gasteiger partial charge < -0.3 is 4.79 Å². The Kier molecular flexibility index (Phi) is 9.51. The average Bonchev–Trinajstić information content (AvgIpc) is 2.14. The molecule has 0 aliphatic rings. The fraction of sp³-hybridized carbons (Fsp3) is 0.917. The topological polar surface area (TPSA) is 17.1 Å². The summed E-state index contributed by atoms with van der Waals surface area (Å²) < 4.78 is 0. The van der Waals surface area contributed by atoms with Crippen LogP contribution in [0.2, 0.25) is 0 Å². The van der Waals surface area contributed by atoms with Crippen molar-refractivity contribution in [1.29, 1.82) is 0 Å². The highest BCUT2D eigenvalue weighted by atomic mass is 16.1. The molecule has 0 fully saturated rings. The van der Waals surface area contributed by atoms with Crippen molar-refractivity contribution >= 4 is 6.29 Å². The van der Waals surface area contributed by atoms with E-state index in [0.29, 0.717) is 0 Å². The fourth-order valence-electron chi connectivity index (χ4n) is 1.59. The molecule has 0 saturated carbocycles. The van der Waals surface area contributed by atoms with E-state index in [-0.39, 0.29) is 0 Å². The maximum atomic E-state index is 10.0. The fourth-order valence-corrected chi connectivity index (χ4v) is 1.59.